The minimum atomic E-state index is 0.0824. The predicted molar refractivity (Wildman–Crippen MR) is 61.7 cm³/mol. The monoisotopic (exact) mass is 289 g/mol. The van der Waals surface area contributed by atoms with E-state index in [1.165, 1.54) is 0 Å². The van der Waals surface area contributed by atoms with E-state index in [1.54, 1.807) is 0 Å². The van der Waals surface area contributed by atoms with Crippen molar-refractivity contribution in [3.63, 3.8) is 0 Å². The van der Waals surface area contributed by atoms with Gasteiger partial charge in [0.1, 0.15) is 12.4 Å². The normalized spacial score (nSPS) is 31.8. The summed E-state index contributed by atoms with van der Waals surface area (Å²) >= 11 is 2.41. The van der Waals surface area contributed by atoms with Crippen LogP contribution in [0.25, 0.3) is 0 Å². The molecule has 1 fully saturated rings. The van der Waals surface area contributed by atoms with Gasteiger partial charge in [0.15, 0.2) is 0 Å². The standard InChI is InChI=1S/C10H12INO/c1-10(11)4-2-3-9-8(7-10)12-5-6-13-9/h2-4,7,12H,5-6H2,1H3. The Morgan fingerprint density at radius 3 is 3.31 bits per heavy atom. The van der Waals surface area contributed by atoms with E-state index < -0.39 is 0 Å². The molecule has 1 atom stereocenters. The Labute approximate surface area is 91.9 Å². The first-order valence-electron chi connectivity index (χ1n) is 4.36. The van der Waals surface area contributed by atoms with E-state index in [0.29, 0.717) is 0 Å². The van der Waals surface area contributed by atoms with Crippen LogP contribution in [0.1, 0.15) is 6.92 Å². The maximum Gasteiger partial charge on any atom is 0.142 e. The van der Waals surface area contributed by atoms with Crippen LogP contribution in [-0.4, -0.2) is 16.6 Å². The van der Waals surface area contributed by atoms with E-state index in [2.05, 4.69) is 53.1 Å². The van der Waals surface area contributed by atoms with Gasteiger partial charge in [-0.15, -0.1) is 0 Å². The van der Waals surface area contributed by atoms with Crippen LogP contribution in [0.2, 0.25) is 0 Å². The molecule has 0 amide bonds. The van der Waals surface area contributed by atoms with Crippen LogP contribution in [0.3, 0.4) is 0 Å². The summed E-state index contributed by atoms with van der Waals surface area (Å²) in [4.78, 5) is 0. The molecule has 0 bridgehead atoms. The highest BCUT2D eigenvalue weighted by Gasteiger charge is 2.20. The van der Waals surface area contributed by atoms with Crippen molar-refractivity contribution in [2.75, 3.05) is 13.2 Å². The third-order valence-corrected chi connectivity index (χ3v) is 2.71. The molecule has 70 valence electrons. The van der Waals surface area contributed by atoms with E-state index >= 15 is 0 Å². The summed E-state index contributed by atoms with van der Waals surface area (Å²) in [6.45, 7) is 3.83. The van der Waals surface area contributed by atoms with Crippen molar-refractivity contribution in [3.05, 3.63) is 35.8 Å². The lowest BCUT2D eigenvalue weighted by Gasteiger charge is -2.22. The molecule has 13 heavy (non-hydrogen) atoms. The number of allylic oxidation sites excluding steroid dienone is 4. The Hall–Kier alpha value is -0.450. The van der Waals surface area contributed by atoms with Gasteiger partial charge in [-0.05, 0) is 19.1 Å². The summed E-state index contributed by atoms with van der Waals surface area (Å²) in [5, 5.41) is 3.34. The van der Waals surface area contributed by atoms with Crippen molar-refractivity contribution in [1.29, 1.82) is 0 Å². The van der Waals surface area contributed by atoms with Crippen molar-refractivity contribution >= 4 is 22.6 Å². The molecule has 1 aliphatic heterocycles. The SMILES string of the molecule is CC1(I)C=CC=C2OCCNC2=C1. The fourth-order valence-corrected chi connectivity index (χ4v) is 1.94. The summed E-state index contributed by atoms with van der Waals surface area (Å²) in [6, 6.07) is 0. The quantitative estimate of drug-likeness (QED) is 0.545. The molecule has 3 heteroatoms. The first-order valence-corrected chi connectivity index (χ1v) is 5.44. The topological polar surface area (TPSA) is 21.3 Å². The van der Waals surface area contributed by atoms with E-state index in [9.17, 15) is 0 Å². The molecule has 0 radical (unpaired) electrons. The Kier molecular flexibility index (Phi) is 2.36. The molecular formula is C10H12INO. The van der Waals surface area contributed by atoms with Gasteiger partial charge in [-0.1, -0.05) is 34.7 Å². The van der Waals surface area contributed by atoms with Crippen molar-refractivity contribution in [3.8, 4) is 0 Å². The number of halogens is 1. The number of ether oxygens (including phenoxy) is 1. The molecule has 0 aromatic heterocycles. The van der Waals surface area contributed by atoms with Gasteiger partial charge in [0.2, 0.25) is 0 Å². The molecule has 0 aromatic carbocycles. The van der Waals surface area contributed by atoms with Crippen molar-refractivity contribution in [2.24, 2.45) is 0 Å². The molecule has 0 saturated carbocycles. The maximum atomic E-state index is 5.53. The second kappa shape index (κ2) is 3.36. The number of morpholine rings is 1. The average Bonchev–Trinajstić information content (AvgIpc) is 2.21. The number of nitrogens with one attached hydrogen (secondary N) is 1. The lowest BCUT2D eigenvalue weighted by atomic mass is 10.1. The Bertz CT molecular complexity index is 302. The molecule has 0 aromatic rings. The highest BCUT2D eigenvalue weighted by molar-refractivity contribution is 14.1. The summed E-state index contributed by atoms with van der Waals surface area (Å²) in [5.41, 5.74) is 1.12. The molecule has 2 aliphatic rings. The predicted octanol–water partition coefficient (Wildman–Crippen LogP) is 2.14. The molecule has 0 spiro atoms. The highest BCUT2D eigenvalue weighted by atomic mass is 127. The van der Waals surface area contributed by atoms with E-state index in [-0.39, 0.29) is 3.42 Å². The Balaban J connectivity index is 2.34. The first kappa shape index (κ1) is 9.12. The number of alkyl halides is 1. The van der Waals surface area contributed by atoms with Crippen LogP contribution in [0, 0.1) is 0 Å². The summed E-state index contributed by atoms with van der Waals surface area (Å²) < 4.78 is 5.61. The zero-order valence-corrected chi connectivity index (χ0v) is 9.67. The molecule has 2 rings (SSSR count). The number of hydrogen-bond acceptors (Lipinski definition) is 2. The summed E-state index contributed by atoms with van der Waals surface area (Å²) in [7, 11) is 0. The van der Waals surface area contributed by atoms with Gasteiger partial charge in [0.25, 0.3) is 0 Å². The molecule has 2 nitrogen and oxygen atoms in total. The minimum absolute atomic E-state index is 0.0824. The number of rotatable bonds is 0. The van der Waals surface area contributed by atoms with Gasteiger partial charge in [-0.3, -0.25) is 0 Å². The summed E-state index contributed by atoms with van der Waals surface area (Å²) in [6.07, 6.45) is 8.43. The van der Waals surface area contributed by atoms with Crippen LogP contribution in [0.4, 0.5) is 0 Å². The first-order chi connectivity index (χ1) is 6.17. The minimum Gasteiger partial charge on any atom is -0.490 e. The molecule has 1 unspecified atom stereocenters. The average molecular weight is 289 g/mol. The number of hydrogen-bond donors (Lipinski definition) is 1. The van der Waals surface area contributed by atoms with Gasteiger partial charge in [-0.2, -0.15) is 0 Å². The van der Waals surface area contributed by atoms with Crippen LogP contribution >= 0.6 is 22.6 Å². The van der Waals surface area contributed by atoms with Gasteiger partial charge >= 0.3 is 0 Å². The smallest absolute Gasteiger partial charge is 0.142 e. The van der Waals surface area contributed by atoms with Crippen LogP contribution in [0.5, 0.6) is 0 Å². The van der Waals surface area contributed by atoms with Gasteiger partial charge in [0, 0.05) is 6.54 Å². The fraction of sp³-hybridized carbons (Fsp3) is 0.400. The second-order valence-corrected chi connectivity index (χ2v) is 5.70. The highest BCUT2D eigenvalue weighted by Crippen LogP contribution is 2.28. The van der Waals surface area contributed by atoms with Gasteiger partial charge in [-0.25, -0.2) is 0 Å². The largest absolute Gasteiger partial charge is 0.490 e. The van der Waals surface area contributed by atoms with E-state index in [4.69, 9.17) is 4.74 Å². The third kappa shape index (κ3) is 2.07. The Morgan fingerprint density at radius 2 is 2.46 bits per heavy atom. The third-order valence-electron chi connectivity index (χ3n) is 2.04. The van der Waals surface area contributed by atoms with Crippen LogP contribution < -0.4 is 5.32 Å². The van der Waals surface area contributed by atoms with Gasteiger partial charge in [0.05, 0.1) is 9.12 Å². The lowest BCUT2D eigenvalue weighted by Crippen LogP contribution is -2.28. The van der Waals surface area contributed by atoms with Crippen molar-refractivity contribution in [2.45, 2.75) is 10.3 Å². The van der Waals surface area contributed by atoms with E-state index in [0.717, 1.165) is 24.6 Å². The molecule has 1 aliphatic carbocycles. The molecule has 1 saturated heterocycles. The van der Waals surface area contributed by atoms with E-state index in [1.807, 2.05) is 6.08 Å². The second-order valence-electron chi connectivity index (χ2n) is 3.37. The summed E-state index contributed by atoms with van der Waals surface area (Å²) in [5.74, 6) is 0.961. The molecule has 1 N–H and O–H groups in total. The zero-order chi connectivity index (χ0) is 9.31. The van der Waals surface area contributed by atoms with Crippen molar-refractivity contribution < 1.29 is 4.74 Å². The van der Waals surface area contributed by atoms with Crippen LogP contribution in [0.15, 0.2) is 35.8 Å². The molecule has 1 heterocycles. The van der Waals surface area contributed by atoms with Gasteiger partial charge < -0.3 is 10.1 Å². The fourth-order valence-electron chi connectivity index (χ4n) is 1.43. The number of fused-ring (bicyclic) bond motifs is 1. The Morgan fingerprint density at radius 1 is 1.62 bits per heavy atom. The zero-order valence-electron chi connectivity index (χ0n) is 7.51. The van der Waals surface area contributed by atoms with Crippen molar-refractivity contribution in [1.82, 2.24) is 5.32 Å². The maximum absolute atomic E-state index is 5.53. The lowest BCUT2D eigenvalue weighted by molar-refractivity contribution is 0.197. The van der Waals surface area contributed by atoms with Crippen LogP contribution in [-0.2, 0) is 4.74 Å². The molecular weight excluding hydrogens is 277 g/mol.